The first-order valence-electron chi connectivity index (χ1n) is 8.49. The lowest BCUT2D eigenvalue weighted by molar-refractivity contribution is -0.137. The summed E-state index contributed by atoms with van der Waals surface area (Å²) in [6.07, 6.45) is -3.98. The van der Waals surface area contributed by atoms with E-state index in [2.05, 4.69) is 36.9 Å². The van der Waals surface area contributed by atoms with Crippen LogP contribution >= 0.6 is 0 Å². The number of carbonyl (C=O) groups excluding carboxylic acids is 1. The Morgan fingerprint density at radius 3 is 2.69 bits per heavy atom. The molecule has 1 saturated heterocycles. The van der Waals surface area contributed by atoms with Crippen molar-refractivity contribution in [1.29, 1.82) is 0 Å². The Morgan fingerprint density at radius 2 is 2.07 bits per heavy atom. The highest BCUT2D eigenvalue weighted by Gasteiger charge is 2.47. The van der Waals surface area contributed by atoms with Crippen LogP contribution < -0.4 is 15.4 Å². The van der Waals surface area contributed by atoms with Crippen LogP contribution in [-0.2, 0) is 26.1 Å². The third-order valence-corrected chi connectivity index (χ3v) is 5.36. The average Bonchev–Trinajstić information content (AvgIpc) is 3.26. The minimum atomic E-state index is -3.69. The van der Waals surface area contributed by atoms with E-state index in [1.807, 2.05) is 0 Å². The average molecular weight is 427 g/mol. The van der Waals surface area contributed by atoms with Gasteiger partial charge in [0.05, 0.1) is 12.9 Å². The van der Waals surface area contributed by atoms with Crippen LogP contribution in [0.15, 0.2) is 18.3 Å². The molecule has 0 spiro atoms. The smallest absolute Gasteiger partial charge is 0.251 e. The molecule has 0 saturated carbocycles. The van der Waals surface area contributed by atoms with Crippen LogP contribution in [0.2, 0.25) is 0 Å². The first-order valence-corrected chi connectivity index (χ1v) is 10.0. The molecular weight excluding hydrogens is 406 g/mol. The van der Waals surface area contributed by atoms with E-state index >= 15 is 0 Å². The molecule has 0 unspecified atom stereocenters. The largest absolute Gasteiger partial charge is 0.387 e. The van der Waals surface area contributed by atoms with Gasteiger partial charge < -0.3 is 25.6 Å². The van der Waals surface area contributed by atoms with Crippen LogP contribution in [0.5, 0.6) is 0 Å². The Hall–Kier alpha value is -2.65. The molecule has 0 bridgehead atoms. The summed E-state index contributed by atoms with van der Waals surface area (Å²) < 4.78 is 32.3. The van der Waals surface area contributed by atoms with E-state index in [0.29, 0.717) is 11.3 Å². The van der Waals surface area contributed by atoms with Gasteiger partial charge in [-0.3, -0.25) is 9.36 Å². The number of aliphatic hydroxyl groups excluding tert-OH is 2. The highest BCUT2D eigenvalue weighted by Crippen LogP contribution is 2.32. The van der Waals surface area contributed by atoms with Gasteiger partial charge in [0.15, 0.2) is 29.3 Å². The number of rotatable bonds is 7. The lowest BCUT2D eigenvalue weighted by Crippen LogP contribution is -2.41. The number of ether oxygens (including phenoxy) is 1. The fraction of sp³-hybridized carbons (Fsp3) is 0.467. The predicted octanol–water partition coefficient (Wildman–Crippen LogP) is -2.20. The molecule has 13 nitrogen and oxygen atoms in total. The van der Waals surface area contributed by atoms with E-state index in [0.717, 1.165) is 5.41 Å². The summed E-state index contributed by atoms with van der Waals surface area (Å²) in [5.74, 6) is -0.157. The Labute approximate surface area is 165 Å². The third kappa shape index (κ3) is 3.92. The minimum absolute atomic E-state index is 0.116. The summed E-state index contributed by atoms with van der Waals surface area (Å²) in [7, 11) is -0.705. The molecule has 1 amide bonds. The maximum Gasteiger partial charge on any atom is 0.251 e. The van der Waals surface area contributed by atoms with Gasteiger partial charge in [0.2, 0.25) is 10.0 Å². The van der Waals surface area contributed by atoms with E-state index in [-0.39, 0.29) is 18.0 Å². The second-order valence-corrected chi connectivity index (χ2v) is 7.85. The molecule has 1 fully saturated rings. The number of nitrogens with zero attached hydrogens (tertiary/aromatic N) is 4. The van der Waals surface area contributed by atoms with Crippen molar-refractivity contribution in [1.82, 2.24) is 29.6 Å². The molecule has 3 rings (SSSR count). The number of fused-ring (bicyclic) bond motifs is 1. The van der Waals surface area contributed by atoms with Crippen LogP contribution in [0.4, 0.5) is 5.82 Å². The van der Waals surface area contributed by atoms with E-state index < -0.39 is 40.5 Å². The number of hydrogen-bond donors (Lipinski definition) is 5. The number of anilines is 1. The molecule has 29 heavy (non-hydrogen) atoms. The molecule has 14 heteroatoms. The lowest BCUT2D eigenvalue weighted by atomic mass is 10.1. The van der Waals surface area contributed by atoms with Gasteiger partial charge in [-0.25, -0.2) is 28.1 Å². The fourth-order valence-electron chi connectivity index (χ4n) is 2.87. The highest BCUT2D eigenvalue weighted by molar-refractivity contribution is 7.92. The maximum atomic E-state index is 11.9. The van der Waals surface area contributed by atoms with Gasteiger partial charge in [-0.2, -0.15) is 0 Å². The summed E-state index contributed by atoms with van der Waals surface area (Å²) in [6.45, 7) is 2.99. The molecule has 1 aliphatic heterocycles. The number of hydrogen-bond acceptors (Lipinski definition) is 10. The Kier molecular flexibility index (Phi) is 5.81. The van der Waals surface area contributed by atoms with Crippen LogP contribution in [0.3, 0.4) is 0 Å². The summed E-state index contributed by atoms with van der Waals surface area (Å²) >= 11 is 0. The molecule has 1 aliphatic rings. The molecule has 2 aromatic heterocycles. The monoisotopic (exact) mass is 427 g/mol. The van der Waals surface area contributed by atoms with Crippen LogP contribution in [0.25, 0.3) is 11.2 Å². The third-order valence-electron chi connectivity index (χ3n) is 4.37. The van der Waals surface area contributed by atoms with Gasteiger partial charge in [0.25, 0.3) is 5.91 Å². The molecular formula is C15H21N7O6S. The second-order valence-electron chi connectivity index (χ2n) is 6.14. The predicted molar refractivity (Wildman–Crippen MR) is 101 cm³/mol. The van der Waals surface area contributed by atoms with E-state index in [1.165, 1.54) is 17.9 Å². The number of imidazole rings is 1. The number of sulfonamides is 1. The SMILES string of the molecule is C=CS(=O)(=O)NCc1nc(NC)c2ncn([C@@H]3O[C@H](C(=O)NC)[C@@H](O)[C@H]3O)c2n1. The van der Waals surface area contributed by atoms with Crippen molar-refractivity contribution in [2.45, 2.75) is 31.1 Å². The number of amides is 1. The van der Waals surface area contributed by atoms with Gasteiger partial charge in [-0.05, 0) is 0 Å². The van der Waals surface area contributed by atoms with Gasteiger partial charge in [-0.1, -0.05) is 6.58 Å². The normalized spacial score (nSPS) is 24.6. The van der Waals surface area contributed by atoms with Crippen molar-refractivity contribution in [2.75, 3.05) is 19.4 Å². The summed E-state index contributed by atoms with van der Waals surface area (Å²) in [5.41, 5.74) is 0.544. The van der Waals surface area contributed by atoms with Crippen molar-refractivity contribution in [2.24, 2.45) is 0 Å². The minimum Gasteiger partial charge on any atom is -0.387 e. The zero-order valence-corrected chi connectivity index (χ0v) is 16.4. The maximum absolute atomic E-state index is 11.9. The number of aromatic nitrogens is 4. The molecule has 3 heterocycles. The van der Waals surface area contributed by atoms with Crippen molar-refractivity contribution < 1.29 is 28.2 Å². The first kappa shape index (κ1) is 21.1. The van der Waals surface area contributed by atoms with E-state index in [1.54, 1.807) is 7.05 Å². The number of nitrogens with one attached hydrogen (secondary N) is 3. The molecule has 4 atom stereocenters. The van der Waals surface area contributed by atoms with Gasteiger partial charge >= 0.3 is 0 Å². The molecule has 0 radical (unpaired) electrons. The fourth-order valence-corrected chi connectivity index (χ4v) is 3.32. The quantitative estimate of drug-likeness (QED) is 0.325. The standard InChI is InChI=1S/C15H21N7O6S/c1-4-29(26,27)19-5-7-20-12(16-2)8-13(21-7)22(6-18-8)15-10(24)9(23)11(28-15)14(25)17-3/h4,6,9-11,15,19,23-24H,1,5H2,2-3H3,(H,17,25)(H,16,20,21)/t9-,10+,11-,15+/m0/s1. The molecule has 5 N–H and O–H groups in total. The van der Waals surface area contributed by atoms with E-state index in [9.17, 15) is 23.4 Å². The molecule has 2 aromatic rings. The summed E-state index contributed by atoms with van der Waals surface area (Å²) in [6, 6.07) is 0. The van der Waals surface area contributed by atoms with E-state index in [4.69, 9.17) is 4.74 Å². The Bertz CT molecular complexity index is 1040. The van der Waals surface area contributed by atoms with Crippen molar-refractivity contribution in [3.63, 3.8) is 0 Å². The van der Waals surface area contributed by atoms with Gasteiger partial charge in [0.1, 0.15) is 18.0 Å². The van der Waals surface area contributed by atoms with Crippen molar-refractivity contribution in [3.05, 3.63) is 24.1 Å². The van der Waals surface area contributed by atoms with Gasteiger partial charge in [0, 0.05) is 19.5 Å². The van der Waals surface area contributed by atoms with Crippen LogP contribution in [0, 0.1) is 0 Å². The zero-order chi connectivity index (χ0) is 21.3. The van der Waals surface area contributed by atoms with Crippen molar-refractivity contribution in [3.8, 4) is 0 Å². The Balaban J connectivity index is 2.00. The number of aliphatic hydroxyl groups is 2. The first-order chi connectivity index (χ1) is 13.7. The molecule has 158 valence electrons. The number of likely N-dealkylation sites (N-methyl/N-ethyl adjacent to an activating group) is 1. The van der Waals surface area contributed by atoms with Crippen LogP contribution in [0.1, 0.15) is 12.1 Å². The highest BCUT2D eigenvalue weighted by atomic mass is 32.2. The second kappa shape index (κ2) is 8.00. The van der Waals surface area contributed by atoms with Gasteiger partial charge in [-0.15, -0.1) is 0 Å². The lowest BCUT2D eigenvalue weighted by Gasteiger charge is -2.17. The molecule has 0 aliphatic carbocycles. The summed E-state index contributed by atoms with van der Waals surface area (Å²) in [5, 5.41) is 26.5. The van der Waals surface area contributed by atoms with Crippen LogP contribution in [-0.4, -0.2) is 76.5 Å². The molecule has 0 aromatic carbocycles. The number of carbonyl (C=O) groups is 1. The topological polar surface area (TPSA) is 181 Å². The van der Waals surface area contributed by atoms with Crippen molar-refractivity contribution >= 4 is 32.9 Å². The zero-order valence-electron chi connectivity index (χ0n) is 15.6. The summed E-state index contributed by atoms with van der Waals surface area (Å²) in [4.78, 5) is 24.6. The Morgan fingerprint density at radius 1 is 1.34 bits per heavy atom.